The Morgan fingerprint density at radius 3 is 2.43 bits per heavy atom. The number of urea groups is 1. The molecule has 0 unspecified atom stereocenters. The third kappa shape index (κ3) is 5.42. The number of carbonyl (C=O) groups is 4. The van der Waals surface area contributed by atoms with E-state index in [2.05, 4.69) is 5.32 Å². The zero-order valence-electron chi connectivity index (χ0n) is 19.2. The molecule has 4 rings (SSSR count). The van der Waals surface area contributed by atoms with Crippen LogP contribution in [0.5, 0.6) is 11.5 Å². The van der Waals surface area contributed by atoms with Crippen LogP contribution in [0.2, 0.25) is 10.0 Å². The van der Waals surface area contributed by atoms with Crippen LogP contribution in [-0.4, -0.2) is 36.0 Å². The number of ether oxygens (including phenoxy) is 2. The van der Waals surface area contributed by atoms with E-state index < -0.39 is 23.8 Å². The van der Waals surface area contributed by atoms with Crippen molar-refractivity contribution in [3.63, 3.8) is 0 Å². The first kappa shape index (κ1) is 25.7. The van der Waals surface area contributed by atoms with Crippen LogP contribution in [0.15, 0.2) is 66.2 Å². The SMILES string of the molecule is COc1cccc(/C=C2\C(=O)NC(=O)N(c3ccc(Cl)cc3Cl)C2=O)c1OCc1ccc(C(=O)O)cc1. The van der Waals surface area contributed by atoms with E-state index in [0.29, 0.717) is 21.9 Å². The largest absolute Gasteiger partial charge is 0.493 e. The summed E-state index contributed by atoms with van der Waals surface area (Å²) in [7, 11) is 1.43. The fourth-order valence-electron chi connectivity index (χ4n) is 3.56. The van der Waals surface area contributed by atoms with Gasteiger partial charge in [-0.15, -0.1) is 0 Å². The van der Waals surface area contributed by atoms with Gasteiger partial charge in [0.15, 0.2) is 11.5 Å². The van der Waals surface area contributed by atoms with Crippen LogP contribution in [0.25, 0.3) is 6.08 Å². The highest BCUT2D eigenvalue weighted by Gasteiger charge is 2.38. The molecule has 2 N–H and O–H groups in total. The summed E-state index contributed by atoms with van der Waals surface area (Å²) < 4.78 is 11.3. The number of amides is 4. The van der Waals surface area contributed by atoms with Crippen molar-refractivity contribution in [3.05, 3.63) is 93.0 Å². The minimum atomic E-state index is -1.05. The average molecular weight is 541 g/mol. The molecule has 0 aromatic heterocycles. The summed E-state index contributed by atoms with van der Waals surface area (Å²) in [6.07, 6.45) is 1.28. The number of halogens is 2. The molecule has 9 nitrogen and oxygen atoms in total. The lowest BCUT2D eigenvalue weighted by molar-refractivity contribution is -0.122. The van der Waals surface area contributed by atoms with Crippen molar-refractivity contribution >= 4 is 58.8 Å². The van der Waals surface area contributed by atoms with Crippen molar-refractivity contribution in [2.24, 2.45) is 0 Å². The van der Waals surface area contributed by atoms with Gasteiger partial charge in [-0.05, 0) is 48.0 Å². The van der Waals surface area contributed by atoms with E-state index in [1.54, 1.807) is 30.3 Å². The number of carboxylic acids is 1. The number of nitrogens with one attached hydrogen (secondary N) is 1. The van der Waals surface area contributed by atoms with Crippen molar-refractivity contribution in [2.75, 3.05) is 12.0 Å². The number of hydrogen-bond donors (Lipinski definition) is 2. The number of aromatic carboxylic acids is 1. The minimum Gasteiger partial charge on any atom is -0.493 e. The monoisotopic (exact) mass is 540 g/mol. The molecule has 0 radical (unpaired) electrons. The minimum absolute atomic E-state index is 0.0432. The number of hydrogen-bond acceptors (Lipinski definition) is 6. The number of carbonyl (C=O) groups excluding carboxylic acids is 3. The Morgan fingerprint density at radius 1 is 1.05 bits per heavy atom. The molecule has 188 valence electrons. The Morgan fingerprint density at radius 2 is 1.78 bits per heavy atom. The lowest BCUT2D eigenvalue weighted by Gasteiger charge is -2.27. The van der Waals surface area contributed by atoms with Gasteiger partial charge < -0.3 is 14.6 Å². The van der Waals surface area contributed by atoms with Crippen molar-refractivity contribution in [1.29, 1.82) is 0 Å². The molecule has 1 fully saturated rings. The summed E-state index contributed by atoms with van der Waals surface area (Å²) in [5, 5.41) is 11.6. The summed E-state index contributed by atoms with van der Waals surface area (Å²) in [6, 6.07) is 14.3. The smallest absolute Gasteiger partial charge is 0.335 e. The van der Waals surface area contributed by atoms with Crippen molar-refractivity contribution in [2.45, 2.75) is 6.61 Å². The van der Waals surface area contributed by atoms with Crippen LogP contribution in [0.1, 0.15) is 21.5 Å². The maximum Gasteiger partial charge on any atom is 0.335 e. The van der Waals surface area contributed by atoms with Crippen LogP contribution in [0.3, 0.4) is 0 Å². The van der Waals surface area contributed by atoms with Gasteiger partial charge in [0.25, 0.3) is 11.8 Å². The molecular weight excluding hydrogens is 523 g/mol. The van der Waals surface area contributed by atoms with E-state index >= 15 is 0 Å². The molecule has 0 aliphatic carbocycles. The highest BCUT2D eigenvalue weighted by Crippen LogP contribution is 2.35. The van der Waals surface area contributed by atoms with Gasteiger partial charge in [-0.3, -0.25) is 14.9 Å². The summed E-state index contributed by atoms with van der Waals surface area (Å²) in [6.45, 7) is 0.0432. The summed E-state index contributed by atoms with van der Waals surface area (Å²) in [5.74, 6) is -2.28. The van der Waals surface area contributed by atoms with E-state index in [-0.39, 0.29) is 34.2 Å². The van der Waals surface area contributed by atoms with Gasteiger partial charge in [0, 0.05) is 10.6 Å². The third-order valence-electron chi connectivity index (χ3n) is 5.37. The predicted octanol–water partition coefficient (Wildman–Crippen LogP) is 4.95. The number of nitrogens with zero attached hydrogens (tertiary/aromatic N) is 1. The highest BCUT2D eigenvalue weighted by atomic mass is 35.5. The topological polar surface area (TPSA) is 122 Å². The molecule has 0 spiro atoms. The van der Waals surface area contributed by atoms with E-state index in [9.17, 15) is 19.2 Å². The number of rotatable bonds is 7. The zero-order chi connectivity index (χ0) is 26.7. The molecular formula is C26H18Cl2N2O7. The molecule has 0 atom stereocenters. The quantitative estimate of drug-likeness (QED) is 0.321. The second-order valence-electron chi connectivity index (χ2n) is 7.72. The Kier molecular flexibility index (Phi) is 7.47. The number of carboxylic acid groups (broad SMARTS) is 1. The molecule has 4 amide bonds. The normalized spacial score (nSPS) is 14.5. The molecule has 3 aromatic rings. The molecule has 0 saturated carbocycles. The molecule has 3 aromatic carbocycles. The summed E-state index contributed by atoms with van der Waals surface area (Å²) >= 11 is 12.1. The lowest BCUT2D eigenvalue weighted by atomic mass is 10.1. The Labute approximate surface area is 220 Å². The number of benzene rings is 3. The fraction of sp³-hybridized carbons (Fsp3) is 0.0769. The van der Waals surface area contributed by atoms with Gasteiger partial charge >= 0.3 is 12.0 Å². The molecule has 1 aliphatic rings. The average Bonchev–Trinajstić information content (AvgIpc) is 2.86. The van der Waals surface area contributed by atoms with Crippen LogP contribution in [0.4, 0.5) is 10.5 Å². The number of anilines is 1. The molecule has 11 heteroatoms. The van der Waals surface area contributed by atoms with Crippen LogP contribution >= 0.6 is 23.2 Å². The molecule has 1 heterocycles. The first-order valence-corrected chi connectivity index (χ1v) is 11.4. The number of barbiturate groups is 1. The van der Waals surface area contributed by atoms with Gasteiger partial charge in [-0.2, -0.15) is 0 Å². The zero-order valence-corrected chi connectivity index (χ0v) is 20.7. The summed E-state index contributed by atoms with van der Waals surface area (Å²) in [5.41, 5.74) is 0.855. The van der Waals surface area contributed by atoms with Crippen LogP contribution < -0.4 is 19.7 Å². The van der Waals surface area contributed by atoms with Gasteiger partial charge in [0.1, 0.15) is 12.2 Å². The first-order valence-electron chi connectivity index (χ1n) is 10.7. The van der Waals surface area contributed by atoms with Gasteiger partial charge in [0.05, 0.1) is 23.4 Å². The predicted molar refractivity (Wildman–Crippen MR) is 136 cm³/mol. The Hall–Kier alpha value is -4.34. The number of methoxy groups -OCH3 is 1. The first-order chi connectivity index (χ1) is 17.7. The summed E-state index contributed by atoms with van der Waals surface area (Å²) in [4.78, 5) is 50.3. The van der Waals surface area contributed by atoms with Gasteiger partial charge in [-0.1, -0.05) is 47.5 Å². The number of imide groups is 2. The molecule has 1 aliphatic heterocycles. The van der Waals surface area contributed by atoms with Crippen molar-refractivity contribution in [3.8, 4) is 11.5 Å². The molecule has 1 saturated heterocycles. The van der Waals surface area contributed by atoms with Gasteiger partial charge in [-0.25, -0.2) is 14.5 Å². The lowest BCUT2D eigenvalue weighted by Crippen LogP contribution is -2.54. The second-order valence-corrected chi connectivity index (χ2v) is 8.57. The Bertz CT molecular complexity index is 1450. The Balaban J connectivity index is 1.69. The fourth-order valence-corrected chi connectivity index (χ4v) is 4.05. The van der Waals surface area contributed by atoms with E-state index in [1.165, 1.54) is 43.5 Å². The molecule has 0 bridgehead atoms. The maximum atomic E-state index is 13.3. The van der Waals surface area contributed by atoms with Crippen LogP contribution in [0, 0.1) is 0 Å². The van der Waals surface area contributed by atoms with E-state index in [4.69, 9.17) is 37.8 Å². The van der Waals surface area contributed by atoms with Crippen molar-refractivity contribution in [1.82, 2.24) is 5.32 Å². The third-order valence-corrected chi connectivity index (χ3v) is 5.90. The second kappa shape index (κ2) is 10.7. The maximum absolute atomic E-state index is 13.3. The van der Waals surface area contributed by atoms with E-state index in [0.717, 1.165) is 4.90 Å². The van der Waals surface area contributed by atoms with E-state index in [1.807, 2.05) is 0 Å². The molecule has 37 heavy (non-hydrogen) atoms. The van der Waals surface area contributed by atoms with Crippen LogP contribution in [-0.2, 0) is 16.2 Å². The van der Waals surface area contributed by atoms with Crippen molar-refractivity contribution < 1.29 is 33.8 Å². The standard InChI is InChI=1S/C26H18Cl2N2O7/c1-36-21-4-2-3-16(22(21)37-13-14-5-7-15(8-6-14)25(33)34)11-18-23(31)29-26(35)30(24(18)32)20-10-9-17(27)12-19(20)28/h2-12H,13H2,1H3,(H,33,34)(H,29,31,35)/b18-11+. The van der Waals surface area contributed by atoms with Gasteiger partial charge in [0.2, 0.25) is 0 Å². The highest BCUT2D eigenvalue weighted by molar-refractivity contribution is 6.42. The number of para-hydroxylation sites is 1.